The molecule has 0 spiro atoms. The second-order valence-corrected chi connectivity index (χ2v) is 8.16. The maximum atomic E-state index is 12.3. The summed E-state index contributed by atoms with van der Waals surface area (Å²) in [5.41, 5.74) is 3.61. The van der Waals surface area contributed by atoms with Crippen LogP contribution in [-0.4, -0.2) is 38.9 Å². The third-order valence-corrected chi connectivity index (χ3v) is 5.66. The smallest absolute Gasteiger partial charge is 0.251 e. The predicted octanol–water partition coefficient (Wildman–Crippen LogP) is 3.62. The van der Waals surface area contributed by atoms with E-state index in [1.54, 1.807) is 6.07 Å². The first-order chi connectivity index (χ1) is 15.0. The van der Waals surface area contributed by atoms with E-state index >= 15 is 0 Å². The molecule has 162 valence electrons. The van der Waals surface area contributed by atoms with E-state index < -0.39 is 0 Å². The van der Waals surface area contributed by atoms with Crippen LogP contribution in [0.4, 0.5) is 5.69 Å². The lowest BCUT2D eigenvalue weighted by Crippen LogP contribution is -2.26. The lowest BCUT2D eigenvalue weighted by molar-refractivity contribution is -0.113. The maximum Gasteiger partial charge on any atom is 0.251 e. The van der Waals surface area contributed by atoms with Crippen molar-refractivity contribution in [2.75, 3.05) is 17.6 Å². The third-order valence-electron chi connectivity index (χ3n) is 4.69. The molecule has 0 saturated carbocycles. The molecule has 0 aliphatic heterocycles. The number of carbonyl (C=O) groups excluding carboxylic acids is 2. The summed E-state index contributed by atoms with van der Waals surface area (Å²) in [7, 11) is 0. The van der Waals surface area contributed by atoms with Crippen molar-refractivity contribution in [2.24, 2.45) is 0 Å². The Bertz CT molecular complexity index is 1050. The number of benzene rings is 2. The molecule has 1 aromatic heterocycles. The summed E-state index contributed by atoms with van der Waals surface area (Å²) in [5.74, 6) is 0.837. The van der Waals surface area contributed by atoms with Gasteiger partial charge in [0.15, 0.2) is 5.16 Å². The number of aryl methyl sites for hydroxylation is 2. The summed E-state index contributed by atoms with van der Waals surface area (Å²) in [4.78, 5) is 24.5. The number of carbonyl (C=O) groups is 2. The van der Waals surface area contributed by atoms with E-state index in [4.69, 9.17) is 0 Å². The first-order valence-corrected chi connectivity index (χ1v) is 11.2. The Morgan fingerprint density at radius 1 is 1.03 bits per heavy atom. The van der Waals surface area contributed by atoms with E-state index in [2.05, 4.69) is 20.8 Å². The van der Waals surface area contributed by atoms with E-state index in [-0.39, 0.29) is 17.6 Å². The first kappa shape index (κ1) is 22.6. The predicted molar refractivity (Wildman–Crippen MR) is 123 cm³/mol. The van der Waals surface area contributed by atoms with Gasteiger partial charge >= 0.3 is 0 Å². The summed E-state index contributed by atoms with van der Waals surface area (Å²) < 4.78 is 1.97. The van der Waals surface area contributed by atoms with E-state index in [1.165, 1.54) is 11.8 Å². The summed E-state index contributed by atoms with van der Waals surface area (Å²) in [6.07, 6.45) is 0.564. The van der Waals surface area contributed by atoms with Crippen molar-refractivity contribution in [3.8, 4) is 0 Å². The van der Waals surface area contributed by atoms with Gasteiger partial charge in [0.1, 0.15) is 5.82 Å². The Morgan fingerprint density at radius 3 is 2.52 bits per heavy atom. The Balaban J connectivity index is 1.51. The molecule has 0 atom stereocenters. The molecular weight excluding hydrogens is 410 g/mol. The fourth-order valence-electron chi connectivity index (χ4n) is 3.07. The van der Waals surface area contributed by atoms with E-state index in [0.29, 0.717) is 30.2 Å². The van der Waals surface area contributed by atoms with Gasteiger partial charge in [-0.3, -0.25) is 9.59 Å². The van der Waals surface area contributed by atoms with Crippen LogP contribution in [-0.2, 0) is 17.8 Å². The molecular formula is C23H27N5O2S. The highest BCUT2D eigenvalue weighted by Gasteiger charge is 2.14. The van der Waals surface area contributed by atoms with Crippen molar-refractivity contribution in [3.05, 3.63) is 71.0 Å². The minimum Gasteiger partial charge on any atom is -0.352 e. The number of hydrogen-bond donors (Lipinski definition) is 2. The number of nitrogens with one attached hydrogen (secondary N) is 2. The fourth-order valence-corrected chi connectivity index (χ4v) is 3.89. The second-order valence-electron chi connectivity index (χ2n) is 7.22. The monoisotopic (exact) mass is 437 g/mol. The fraction of sp³-hybridized carbons (Fsp3) is 0.304. The van der Waals surface area contributed by atoms with Crippen molar-refractivity contribution >= 4 is 29.3 Å². The van der Waals surface area contributed by atoms with Crippen LogP contribution in [0.2, 0.25) is 0 Å². The second kappa shape index (κ2) is 10.8. The minimum absolute atomic E-state index is 0.0912. The normalized spacial score (nSPS) is 10.7. The van der Waals surface area contributed by atoms with E-state index in [1.807, 2.05) is 67.8 Å². The molecule has 31 heavy (non-hydrogen) atoms. The van der Waals surface area contributed by atoms with Crippen molar-refractivity contribution in [1.82, 2.24) is 20.1 Å². The molecule has 2 aromatic carbocycles. The van der Waals surface area contributed by atoms with Gasteiger partial charge in [0.05, 0.1) is 5.75 Å². The van der Waals surface area contributed by atoms with Gasteiger partial charge in [-0.05, 0) is 45.0 Å². The zero-order chi connectivity index (χ0) is 22.2. The molecule has 0 saturated heterocycles. The lowest BCUT2D eigenvalue weighted by atomic mass is 10.1. The number of amides is 2. The average Bonchev–Trinajstić information content (AvgIpc) is 3.15. The Kier molecular flexibility index (Phi) is 7.83. The van der Waals surface area contributed by atoms with Gasteiger partial charge in [-0.1, -0.05) is 47.2 Å². The lowest BCUT2D eigenvalue weighted by Gasteiger charge is -2.09. The number of rotatable bonds is 9. The standard InChI is InChI=1S/C23H27N5O2S/c1-4-28-20(12-13-24-22(30)18-7-5-6-17(3)14-18)26-27-23(28)31-15-21(29)25-19-10-8-16(2)9-11-19/h5-11,14H,4,12-13,15H2,1-3H3,(H,24,30)(H,25,29). The van der Waals surface area contributed by atoms with E-state index in [9.17, 15) is 9.59 Å². The van der Waals surface area contributed by atoms with Crippen LogP contribution in [0.3, 0.4) is 0 Å². The maximum absolute atomic E-state index is 12.3. The zero-order valence-corrected chi connectivity index (χ0v) is 18.8. The molecule has 3 rings (SSSR count). The Hall–Kier alpha value is -3.13. The summed E-state index contributed by atoms with van der Waals surface area (Å²) in [6.45, 7) is 7.12. The Morgan fingerprint density at radius 2 is 1.81 bits per heavy atom. The van der Waals surface area contributed by atoms with Crippen LogP contribution in [0, 0.1) is 13.8 Å². The molecule has 0 aliphatic rings. The van der Waals surface area contributed by atoms with E-state index in [0.717, 1.165) is 22.6 Å². The van der Waals surface area contributed by atoms with Gasteiger partial charge in [0.2, 0.25) is 5.91 Å². The average molecular weight is 438 g/mol. The minimum atomic E-state index is -0.103. The number of aromatic nitrogens is 3. The number of anilines is 1. The van der Waals surface area contributed by atoms with Gasteiger partial charge in [0.25, 0.3) is 5.91 Å². The number of hydrogen-bond acceptors (Lipinski definition) is 5. The van der Waals surface area contributed by atoms with Crippen molar-refractivity contribution in [1.29, 1.82) is 0 Å². The van der Waals surface area contributed by atoms with Crippen LogP contribution in [0.5, 0.6) is 0 Å². The molecule has 0 aliphatic carbocycles. The topological polar surface area (TPSA) is 88.9 Å². The van der Waals surface area contributed by atoms with Crippen LogP contribution in [0.15, 0.2) is 53.7 Å². The van der Waals surface area contributed by atoms with Crippen LogP contribution in [0.25, 0.3) is 0 Å². The number of nitrogens with zero attached hydrogens (tertiary/aromatic N) is 3. The quantitative estimate of drug-likeness (QED) is 0.499. The van der Waals surface area contributed by atoms with Crippen molar-refractivity contribution < 1.29 is 9.59 Å². The molecule has 0 unspecified atom stereocenters. The van der Waals surface area contributed by atoms with Crippen LogP contribution in [0.1, 0.15) is 34.2 Å². The Labute approximate surface area is 186 Å². The highest BCUT2D eigenvalue weighted by atomic mass is 32.2. The summed E-state index contributed by atoms with van der Waals surface area (Å²) in [5, 5.41) is 15.0. The zero-order valence-electron chi connectivity index (χ0n) is 18.0. The van der Waals surface area contributed by atoms with Gasteiger partial charge in [-0.2, -0.15) is 0 Å². The third kappa shape index (κ3) is 6.42. The largest absolute Gasteiger partial charge is 0.352 e. The molecule has 2 N–H and O–H groups in total. The van der Waals surface area contributed by atoms with Gasteiger partial charge in [-0.25, -0.2) is 0 Å². The molecule has 1 heterocycles. The highest BCUT2D eigenvalue weighted by Crippen LogP contribution is 2.18. The molecule has 8 heteroatoms. The summed E-state index contributed by atoms with van der Waals surface area (Å²) in [6, 6.07) is 15.2. The highest BCUT2D eigenvalue weighted by molar-refractivity contribution is 7.99. The van der Waals surface area contributed by atoms with Gasteiger partial charge < -0.3 is 15.2 Å². The SMILES string of the molecule is CCn1c(CCNC(=O)c2cccc(C)c2)nnc1SCC(=O)Nc1ccc(C)cc1. The van der Waals surface area contributed by atoms with Crippen molar-refractivity contribution in [2.45, 2.75) is 38.9 Å². The molecule has 3 aromatic rings. The first-order valence-electron chi connectivity index (χ1n) is 10.2. The number of thioether (sulfide) groups is 1. The molecule has 0 fully saturated rings. The van der Waals surface area contributed by atoms with Crippen molar-refractivity contribution in [3.63, 3.8) is 0 Å². The molecule has 0 bridgehead atoms. The van der Waals surface area contributed by atoms with Crippen LogP contribution < -0.4 is 10.6 Å². The van der Waals surface area contributed by atoms with Gasteiger partial charge in [-0.15, -0.1) is 10.2 Å². The van der Waals surface area contributed by atoms with Gasteiger partial charge in [0, 0.05) is 30.8 Å². The van der Waals surface area contributed by atoms with Crippen LogP contribution >= 0.6 is 11.8 Å². The summed E-state index contributed by atoms with van der Waals surface area (Å²) >= 11 is 1.35. The molecule has 0 radical (unpaired) electrons. The molecule has 2 amide bonds. The molecule has 7 nitrogen and oxygen atoms in total.